The second-order valence-electron chi connectivity index (χ2n) is 9.49. The van der Waals surface area contributed by atoms with E-state index < -0.39 is 0 Å². The van der Waals surface area contributed by atoms with Crippen LogP contribution < -0.4 is 10.2 Å². The molecule has 0 atom stereocenters. The highest BCUT2D eigenvalue weighted by atomic mass is 16.2. The zero-order valence-corrected chi connectivity index (χ0v) is 20.9. The molecular weight excluding hydrogens is 440 g/mol. The lowest BCUT2D eigenvalue weighted by atomic mass is 10.1. The van der Waals surface area contributed by atoms with Crippen molar-refractivity contribution in [2.45, 2.75) is 46.0 Å². The van der Waals surface area contributed by atoms with E-state index in [-0.39, 0.29) is 17.7 Å². The van der Waals surface area contributed by atoms with Crippen molar-refractivity contribution >= 4 is 29.1 Å². The minimum absolute atomic E-state index is 0.0177. The summed E-state index contributed by atoms with van der Waals surface area (Å²) in [4.78, 5) is 44.7. The summed E-state index contributed by atoms with van der Waals surface area (Å²) < 4.78 is 0. The maximum Gasteiger partial charge on any atom is 0.256 e. The van der Waals surface area contributed by atoms with Crippen LogP contribution in [-0.4, -0.2) is 66.8 Å². The van der Waals surface area contributed by atoms with E-state index >= 15 is 0 Å². The number of piperidine rings is 1. The monoisotopic (exact) mass is 476 g/mol. The number of carbonyl (C=O) groups is 3. The normalized spacial score (nSPS) is 16.6. The number of nitrogens with zero attached hydrogens (tertiary/aromatic N) is 3. The quantitative estimate of drug-likeness (QED) is 0.698. The topological polar surface area (TPSA) is 73.0 Å². The smallest absolute Gasteiger partial charge is 0.256 e. The van der Waals surface area contributed by atoms with Crippen LogP contribution in [0.5, 0.6) is 0 Å². The minimum Gasteiger partial charge on any atom is -0.369 e. The molecule has 0 radical (unpaired) electrons. The van der Waals surface area contributed by atoms with Crippen molar-refractivity contribution in [2.24, 2.45) is 0 Å². The van der Waals surface area contributed by atoms with Gasteiger partial charge in [-0.25, -0.2) is 0 Å². The molecule has 186 valence electrons. The van der Waals surface area contributed by atoms with E-state index in [4.69, 9.17) is 0 Å². The molecule has 0 saturated carbocycles. The summed E-state index contributed by atoms with van der Waals surface area (Å²) in [6, 6.07) is 13.3. The average Bonchev–Trinajstić information content (AvgIpc) is 3.15. The van der Waals surface area contributed by atoms with Gasteiger partial charge in [-0.15, -0.1) is 0 Å². The number of benzene rings is 2. The van der Waals surface area contributed by atoms with Crippen molar-refractivity contribution in [3.63, 3.8) is 0 Å². The zero-order valence-electron chi connectivity index (χ0n) is 20.9. The first-order chi connectivity index (χ1) is 17.0. The molecular formula is C28H36N4O3. The molecule has 4 rings (SSSR count). The molecule has 2 saturated heterocycles. The Bertz CT molecular complexity index is 1060. The molecule has 0 aromatic heterocycles. The summed E-state index contributed by atoms with van der Waals surface area (Å²) in [5, 5.41) is 2.90. The van der Waals surface area contributed by atoms with E-state index in [9.17, 15) is 14.4 Å². The molecule has 0 unspecified atom stereocenters. The second kappa shape index (κ2) is 11.4. The van der Waals surface area contributed by atoms with Gasteiger partial charge in [0.05, 0.1) is 5.56 Å². The Morgan fingerprint density at radius 3 is 2.17 bits per heavy atom. The molecule has 2 fully saturated rings. The summed E-state index contributed by atoms with van der Waals surface area (Å²) in [6.07, 6.45) is 4.40. The Balaban J connectivity index is 1.55. The van der Waals surface area contributed by atoms with Crippen molar-refractivity contribution in [1.82, 2.24) is 9.80 Å². The van der Waals surface area contributed by atoms with Crippen LogP contribution in [0.25, 0.3) is 0 Å². The standard InChI is InChI=1S/C28H36N4O3/c1-3-26(33)29-23-12-13-25(24(20-23)28(35)31-14-5-4-6-15-31)30-16-7-17-32(19-18-30)27(34)22-10-8-21(2)9-11-22/h8-13,20H,3-7,14-19H2,1-2H3,(H,29,33). The van der Waals surface area contributed by atoms with Gasteiger partial charge < -0.3 is 20.0 Å². The van der Waals surface area contributed by atoms with Crippen LogP contribution in [0, 0.1) is 6.92 Å². The number of likely N-dealkylation sites (tertiary alicyclic amines) is 1. The van der Waals surface area contributed by atoms with Gasteiger partial charge in [0.2, 0.25) is 5.91 Å². The first-order valence-electron chi connectivity index (χ1n) is 12.8. The predicted octanol–water partition coefficient (Wildman–Crippen LogP) is 4.32. The minimum atomic E-state index is -0.0749. The van der Waals surface area contributed by atoms with Gasteiger partial charge in [-0.3, -0.25) is 14.4 Å². The fourth-order valence-electron chi connectivity index (χ4n) is 4.82. The summed E-state index contributed by atoms with van der Waals surface area (Å²) in [7, 11) is 0. The lowest BCUT2D eigenvalue weighted by Gasteiger charge is -2.30. The second-order valence-corrected chi connectivity index (χ2v) is 9.49. The number of aryl methyl sites for hydroxylation is 1. The molecule has 2 heterocycles. The third kappa shape index (κ3) is 6.02. The van der Waals surface area contributed by atoms with E-state index in [0.29, 0.717) is 42.9 Å². The predicted molar refractivity (Wildman–Crippen MR) is 139 cm³/mol. The number of rotatable bonds is 5. The third-order valence-corrected chi connectivity index (χ3v) is 6.90. The molecule has 35 heavy (non-hydrogen) atoms. The highest BCUT2D eigenvalue weighted by Gasteiger charge is 2.26. The van der Waals surface area contributed by atoms with E-state index in [1.807, 2.05) is 66.1 Å². The third-order valence-electron chi connectivity index (χ3n) is 6.90. The Morgan fingerprint density at radius 2 is 1.46 bits per heavy atom. The Morgan fingerprint density at radius 1 is 0.771 bits per heavy atom. The van der Waals surface area contributed by atoms with Crippen molar-refractivity contribution in [2.75, 3.05) is 49.5 Å². The number of hydrogen-bond acceptors (Lipinski definition) is 4. The average molecular weight is 477 g/mol. The van der Waals surface area contributed by atoms with Gasteiger partial charge in [-0.1, -0.05) is 24.6 Å². The van der Waals surface area contributed by atoms with Crippen LogP contribution >= 0.6 is 0 Å². The van der Waals surface area contributed by atoms with E-state index in [2.05, 4.69) is 10.2 Å². The molecule has 7 heteroatoms. The molecule has 2 aromatic rings. The van der Waals surface area contributed by atoms with Gasteiger partial charge in [0.25, 0.3) is 11.8 Å². The van der Waals surface area contributed by atoms with Crippen LogP contribution in [0.2, 0.25) is 0 Å². The van der Waals surface area contributed by atoms with Crippen LogP contribution in [0.4, 0.5) is 11.4 Å². The molecule has 3 amide bonds. The fourth-order valence-corrected chi connectivity index (χ4v) is 4.82. The maximum absolute atomic E-state index is 13.6. The fraction of sp³-hybridized carbons (Fsp3) is 0.464. The van der Waals surface area contributed by atoms with Crippen molar-refractivity contribution in [3.05, 3.63) is 59.2 Å². The number of carbonyl (C=O) groups excluding carboxylic acids is 3. The number of hydrogen-bond donors (Lipinski definition) is 1. The van der Waals surface area contributed by atoms with Crippen LogP contribution in [0.15, 0.2) is 42.5 Å². The molecule has 0 spiro atoms. The molecule has 2 aliphatic heterocycles. The van der Waals surface area contributed by atoms with Gasteiger partial charge >= 0.3 is 0 Å². The number of amides is 3. The molecule has 1 N–H and O–H groups in total. The summed E-state index contributed by atoms with van der Waals surface area (Å²) in [6.45, 7) is 8.05. The van der Waals surface area contributed by atoms with Crippen LogP contribution in [-0.2, 0) is 4.79 Å². The molecule has 0 aliphatic carbocycles. The van der Waals surface area contributed by atoms with E-state index in [1.165, 1.54) is 0 Å². The van der Waals surface area contributed by atoms with Gasteiger partial charge in [-0.05, 0) is 62.9 Å². The van der Waals surface area contributed by atoms with Gasteiger partial charge in [0, 0.05) is 62.6 Å². The zero-order chi connectivity index (χ0) is 24.8. The van der Waals surface area contributed by atoms with Crippen molar-refractivity contribution < 1.29 is 14.4 Å². The largest absolute Gasteiger partial charge is 0.369 e. The first kappa shape index (κ1) is 24.8. The number of anilines is 2. The summed E-state index contributed by atoms with van der Waals surface area (Å²) in [5.41, 5.74) is 3.99. The highest BCUT2D eigenvalue weighted by Crippen LogP contribution is 2.28. The molecule has 7 nitrogen and oxygen atoms in total. The summed E-state index contributed by atoms with van der Waals surface area (Å²) >= 11 is 0. The molecule has 2 aliphatic rings. The highest BCUT2D eigenvalue weighted by molar-refractivity contribution is 6.02. The van der Waals surface area contributed by atoms with Gasteiger partial charge in [-0.2, -0.15) is 0 Å². The van der Waals surface area contributed by atoms with Crippen molar-refractivity contribution in [3.8, 4) is 0 Å². The van der Waals surface area contributed by atoms with E-state index in [1.54, 1.807) is 0 Å². The number of nitrogens with one attached hydrogen (secondary N) is 1. The lowest BCUT2D eigenvalue weighted by Crippen LogP contribution is -2.38. The SMILES string of the molecule is CCC(=O)Nc1ccc(N2CCCN(C(=O)c3ccc(C)cc3)CC2)c(C(=O)N2CCCCC2)c1. The Kier molecular flexibility index (Phi) is 8.06. The van der Waals surface area contributed by atoms with Crippen LogP contribution in [0.1, 0.15) is 65.3 Å². The van der Waals surface area contributed by atoms with Gasteiger partial charge in [0.15, 0.2) is 0 Å². The van der Waals surface area contributed by atoms with E-state index in [0.717, 1.165) is 56.6 Å². The summed E-state index contributed by atoms with van der Waals surface area (Å²) in [5.74, 6) is -0.00706. The van der Waals surface area contributed by atoms with Crippen molar-refractivity contribution in [1.29, 1.82) is 0 Å². The maximum atomic E-state index is 13.6. The molecule has 0 bridgehead atoms. The Labute approximate surface area is 208 Å². The lowest BCUT2D eigenvalue weighted by molar-refractivity contribution is -0.115. The van der Waals surface area contributed by atoms with Gasteiger partial charge in [0.1, 0.15) is 0 Å². The van der Waals surface area contributed by atoms with Crippen LogP contribution in [0.3, 0.4) is 0 Å². The Hall–Kier alpha value is -3.35. The first-order valence-corrected chi connectivity index (χ1v) is 12.8. The molecule has 2 aromatic carbocycles.